The molecule has 0 amide bonds. The molecule has 2 N–H and O–H groups in total. The second-order valence-electron chi connectivity index (χ2n) is 3.29. The van der Waals surface area contributed by atoms with Crippen LogP contribution < -0.4 is 5.73 Å². The lowest BCUT2D eigenvalue weighted by Gasteiger charge is -1.92. The molecule has 0 rings (SSSR count). The SMILES string of the molecule is C#CCC.C\C=C/C=C\C(N)=C/CCCC. The van der Waals surface area contributed by atoms with Crippen LogP contribution in [0.3, 0.4) is 0 Å². The number of unbranched alkanes of at least 4 members (excludes halogenated alkanes) is 2. The predicted molar refractivity (Wildman–Crippen MR) is 74.9 cm³/mol. The molecule has 0 bridgehead atoms. The fourth-order valence-corrected chi connectivity index (χ4v) is 0.819. The van der Waals surface area contributed by atoms with E-state index in [0.717, 1.165) is 18.5 Å². The van der Waals surface area contributed by atoms with Gasteiger partial charge in [-0.05, 0) is 19.4 Å². The van der Waals surface area contributed by atoms with Crippen molar-refractivity contribution in [3.8, 4) is 12.3 Å². The Hall–Kier alpha value is -1.42. The van der Waals surface area contributed by atoms with Crippen LogP contribution in [-0.2, 0) is 0 Å². The lowest BCUT2D eigenvalue weighted by molar-refractivity contribution is 0.811. The maximum absolute atomic E-state index is 5.70. The number of hydrogen-bond acceptors (Lipinski definition) is 1. The zero-order valence-corrected chi connectivity index (χ0v) is 10.9. The fraction of sp³-hybridized carbons (Fsp3) is 0.467. The van der Waals surface area contributed by atoms with Crippen molar-refractivity contribution in [1.82, 2.24) is 0 Å². The lowest BCUT2D eigenvalue weighted by atomic mass is 10.2. The summed E-state index contributed by atoms with van der Waals surface area (Å²) in [6, 6.07) is 0. The number of allylic oxidation sites excluding steroid dienone is 5. The third-order valence-corrected chi connectivity index (χ3v) is 1.73. The highest BCUT2D eigenvalue weighted by atomic mass is 14.5. The average Bonchev–Trinajstić information content (AvgIpc) is 2.30. The number of nitrogens with two attached hydrogens (primary N) is 1. The third kappa shape index (κ3) is 18.4. The fourth-order valence-electron chi connectivity index (χ4n) is 0.819. The highest BCUT2D eigenvalue weighted by Crippen LogP contribution is 1.98. The van der Waals surface area contributed by atoms with Crippen molar-refractivity contribution in [3.05, 3.63) is 36.1 Å². The number of terminal acetylenes is 1. The van der Waals surface area contributed by atoms with Crippen molar-refractivity contribution < 1.29 is 0 Å². The summed E-state index contributed by atoms with van der Waals surface area (Å²) in [4.78, 5) is 0. The summed E-state index contributed by atoms with van der Waals surface area (Å²) in [5.41, 5.74) is 6.56. The molecule has 16 heavy (non-hydrogen) atoms. The smallest absolute Gasteiger partial charge is 0.0273 e. The van der Waals surface area contributed by atoms with Gasteiger partial charge in [0.15, 0.2) is 0 Å². The van der Waals surface area contributed by atoms with E-state index < -0.39 is 0 Å². The second kappa shape index (κ2) is 16.0. The van der Waals surface area contributed by atoms with Gasteiger partial charge >= 0.3 is 0 Å². The van der Waals surface area contributed by atoms with E-state index in [9.17, 15) is 0 Å². The van der Waals surface area contributed by atoms with Crippen molar-refractivity contribution in [3.63, 3.8) is 0 Å². The topological polar surface area (TPSA) is 26.0 Å². The van der Waals surface area contributed by atoms with E-state index in [-0.39, 0.29) is 0 Å². The zero-order valence-electron chi connectivity index (χ0n) is 10.9. The molecule has 0 aromatic heterocycles. The molecule has 0 radical (unpaired) electrons. The monoisotopic (exact) mass is 219 g/mol. The predicted octanol–water partition coefficient (Wildman–Crippen LogP) is 4.18. The van der Waals surface area contributed by atoms with Gasteiger partial charge in [-0.15, -0.1) is 12.3 Å². The average molecular weight is 219 g/mol. The van der Waals surface area contributed by atoms with Crippen molar-refractivity contribution >= 4 is 0 Å². The minimum absolute atomic E-state index is 0.847. The molecule has 0 unspecified atom stereocenters. The van der Waals surface area contributed by atoms with Crippen molar-refractivity contribution in [1.29, 1.82) is 0 Å². The Morgan fingerprint density at radius 3 is 2.38 bits per heavy atom. The molecule has 90 valence electrons. The van der Waals surface area contributed by atoms with Gasteiger partial charge in [-0.1, -0.05) is 51.0 Å². The minimum atomic E-state index is 0.847. The summed E-state index contributed by atoms with van der Waals surface area (Å²) < 4.78 is 0. The van der Waals surface area contributed by atoms with Crippen LogP contribution in [0.2, 0.25) is 0 Å². The molecule has 1 nitrogen and oxygen atoms in total. The molecule has 0 saturated heterocycles. The summed E-state index contributed by atoms with van der Waals surface area (Å²) in [6.45, 7) is 6.11. The normalized spacial score (nSPS) is 11.2. The Morgan fingerprint density at radius 1 is 1.31 bits per heavy atom. The molecule has 0 aromatic rings. The van der Waals surface area contributed by atoms with Gasteiger partial charge in [0.05, 0.1) is 0 Å². The summed E-state index contributed by atoms with van der Waals surface area (Å²) in [7, 11) is 0. The van der Waals surface area contributed by atoms with Crippen molar-refractivity contribution in [2.75, 3.05) is 0 Å². The standard InChI is InChI=1S/C11H19N.C4H6/c1-3-5-7-9-11(12)10-8-6-4-2;1-3-4-2/h3,5,7,9-10H,4,6,8,12H2,1-2H3;1H,4H2,2H3/b5-3-,9-7-,11-10+;. The van der Waals surface area contributed by atoms with Crippen molar-refractivity contribution in [2.45, 2.75) is 46.5 Å². The quantitative estimate of drug-likeness (QED) is 0.419. The molecular weight excluding hydrogens is 194 g/mol. The second-order valence-corrected chi connectivity index (χ2v) is 3.29. The molecule has 0 aliphatic heterocycles. The summed E-state index contributed by atoms with van der Waals surface area (Å²) in [5.74, 6) is 2.43. The van der Waals surface area contributed by atoms with Crippen molar-refractivity contribution in [2.24, 2.45) is 5.73 Å². The van der Waals surface area contributed by atoms with Crippen LogP contribution in [0.5, 0.6) is 0 Å². The van der Waals surface area contributed by atoms with Crippen LogP contribution in [0.1, 0.15) is 46.5 Å². The van der Waals surface area contributed by atoms with Gasteiger partial charge < -0.3 is 5.73 Å². The Labute approximate surface area is 101 Å². The van der Waals surface area contributed by atoms with Crippen LogP contribution in [0.25, 0.3) is 0 Å². The highest BCUT2D eigenvalue weighted by Gasteiger charge is 1.81. The first-order chi connectivity index (χ1) is 7.72. The van der Waals surface area contributed by atoms with Gasteiger partial charge in [-0.3, -0.25) is 0 Å². The van der Waals surface area contributed by atoms with E-state index in [0.29, 0.717) is 0 Å². The maximum Gasteiger partial charge on any atom is 0.0273 e. The van der Waals surface area contributed by atoms with E-state index in [4.69, 9.17) is 12.2 Å². The van der Waals surface area contributed by atoms with Gasteiger partial charge in [0.25, 0.3) is 0 Å². The molecule has 0 aromatic carbocycles. The first kappa shape index (κ1) is 17.0. The minimum Gasteiger partial charge on any atom is -0.399 e. The Bertz CT molecular complexity index is 251. The highest BCUT2D eigenvalue weighted by molar-refractivity contribution is 5.18. The molecule has 0 heterocycles. The molecule has 0 aliphatic rings. The molecular formula is C15H25N. The molecule has 0 aliphatic carbocycles. The maximum atomic E-state index is 5.70. The van der Waals surface area contributed by atoms with E-state index in [1.54, 1.807) is 0 Å². The summed E-state index contributed by atoms with van der Waals surface area (Å²) in [5, 5.41) is 0. The lowest BCUT2D eigenvalue weighted by Crippen LogP contribution is -1.91. The number of rotatable bonds is 5. The van der Waals surface area contributed by atoms with Gasteiger partial charge in [-0.2, -0.15) is 0 Å². The Kier molecular flexibility index (Phi) is 17.0. The van der Waals surface area contributed by atoms with Crippen LogP contribution >= 0.6 is 0 Å². The molecule has 0 fully saturated rings. The van der Waals surface area contributed by atoms with Crippen LogP contribution in [0, 0.1) is 12.3 Å². The van der Waals surface area contributed by atoms with Gasteiger partial charge in [0, 0.05) is 12.1 Å². The summed E-state index contributed by atoms with van der Waals surface area (Å²) >= 11 is 0. The van der Waals surface area contributed by atoms with E-state index >= 15 is 0 Å². The van der Waals surface area contributed by atoms with Crippen LogP contribution in [-0.4, -0.2) is 0 Å². The molecule has 0 atom stereocenters. The first-order valence-corrected chi connectivity index (χ1v) is 5.91. The largest absolute Gasteiger partial charge is 0.399 e. The van der Waals surface area contributed by atoms with Gasteiger partial charge in [0.2, 0.25) is 0 Å². The zero-order chi connectivity index (χ0) is 12.6. The van der Waals surface area contributed by atoms with Crippen LogP contribution in [0.15, 0.2) is 36.1 Å². The molecule has 0 saturated carbocycles. The Balaban J connectivity index is 0. The number of hydrogen-bond donors (Lipinski definition) is 1. The van der Waals surface area contributed by atoms with E-state index in [2.05, 4.69) is 18.9 Å². The summed E-state index contributed by atoms with van der Waals surface area (Å²) in [6.07, 6.45) is 19.1. The third-order valence-electron chi connectivity index (χ3n) is 1.73. The first-order valence-electron chi connectivity index (χ1n) is 5.91. The molecule has 0 spiro atoms. The van der Waals surface area contributed by atoms with E-state index in [1.165, 1.54) is 12.8 Å². The van der Waals surface area contributed by atoms with Gasteiger partial charge in [-0.25, -0.2) is 0 Å². The van der Waals surface area contributed by atoms with E-state index in [1.807, 2.05) is 38.2 Å². The Morgan fingerprint density at radius 2 is 1.94 bits per heavy atom. The van der Waals surface area contributed by atoms with Crippen LogP contribution in [0.4, 0.5) is 0 Å². The molecule has 1 heteroatoms. The van der Waals surface area contributed by atoms with Gasteiger partial charge in [0.1, 0.15) is 0 Å².